The van der Waals surface area contributed by atoms with E-state index in [1.165, 1.54) is 0 Å². The van der Waals surface area contributed by atoms with E-state index in [2.05, 4.69) is 30.8 Å². The zero-order chi connectivity index (χ0) is 16.9. The summed E-state index contributed by atoms with van der Waals surface area (Å²) in [6.07, 6.45) is 0. The number of ether oxygens (including phenoxy) is 1. The summed E-state index contributed by atoms with van der Waals surface area (Å²) < 4.78 is 10.0. The van der Waals surface area contributed by atoms with E-state index in [1.807, 2.05) is 48.5 Å². The molecule has 0 bridgehead atoms. The second kappa shape index (κ2) is 7.55. The van der Waals surface area contributed by atoms with E-state index >= 15 is 0 Å². The SMILES string of the molecule is COc1ccc(CNC(=O)c2snnc2-c2ccc(Br)cc2)cc1. The van der Waals surface area contributed by atoms with Crippen LogP contribution in [0.1, 0.15) is 15.2 Å². The van der Waals surface area contributed by atoms with E-state index in [0.717, 1.165) is 32.9 Å². The van der Waals surface area contributed by atoms with Gasteiger partial charge in [-0.3, -0.25) is 4.79 Å². The molecule has 7 heteroatoms. The van der Waals surface area contributed by atoms with E-state index in [4.69, 9.17) is 4.74 Å². The molecule has 0 unspecified atom stereocenters. The first-order valence-corrected chi connectivity index (χ1v) is 8.73. The van der Waals surface area contributed by atoms with E-state index in [1.54, 1.807) is 7.11 Å². The highest BCUT2D eigenvalue weighted by atomic mass is 79.9. The van der Waals surface area contributed by atoms with Crippen LogP contribution in [0.4, 0.5) is 0 Å². The van der Waals surface area contributed by atoms with Crippen LogP contribution in [0.15, 0.2) is 53.0 Å². The molecule has 0 saturated carbocycles. The van der Waals surface area contributed by atoms with Gasteiger partial charge in [0.15, 0.2) is 0 Å². The molecule has 0 aliphatic heterocycles. The molecule has 1 amide bonds. The van der Waals surface area contributed by atoms with Gasteiger partial charge in [-0.05, 0) is 41.4 Å². The van der Waals surface area contributed by atoms with Crippen molar-refractivity contribution in [2.75, 3.05) is 7.11 Å². The van der Waals surface area contributed by atoms with Gasteiger partial charge in [0.2, 0.25) is 0 Å². The van der Waals surface area contributed by atoms with Crippen LogP contribution in [0.2, 0.25) is 0 Å². The molecule has 2 aromatic carbocycles. The van der Waals surface area contributed by atoms with E-state index in [9.17, 15) is 4.79 Å². The molecule has 0 aliphatic carbocycles. The number of methoxy groups -OCH3 is 1. The molecule has 1 N–H and O–H groups in total. The van der Waals surface area contributed by atoms with E-state index in [-0.39, 0.29) is 5.91 Å². The van der Waals surface area contributed by atoms with Gasteiger partial charge >= 0.3 is 0 Å². The van der Waals surface area contributed by atoms with E-state index < -0.39 is 0 Å². The van der Waals surface area contributed by atoms with Gasteiger partial charge < -0.3 is 10.1 Å². The van der Waals surface area contributed by atoms with Crippen molar-refractivity contribution in [3.63, 3.8) is 0 Å². The normalized spacial score (nSPS) is 10.4. The molecule has 3 aromatic rings. The maximum atomic E-state index is 12.4. The predicted octanol–water partition coefficient (Wildman–Crippen LogP) is 3.91. The molecule has 5 nitrogen and oxygen atoms in total. The summed E-state index contributed by atoms with van der Waals surface area (Å²) in [5.41, 5.74) is 2.45. The molecule has 24 heavy (non-hydrogen) atoms. The highest BCUT2D eigenvalue weighted by Crippen LogP contribution is 2.25. The summed E-state index contributed by atoms with van der Waals surface area (Å²) in [7, 11) is 1.62. The molecule has 122 valence electrons. The Morgan fingerprint density at radius 2 is 1.88 bits per heavy atom. The van der Waals surface area contributed by atoms with Crippen molar-refractivity contribution in [2.24, 2.45) is 0 Å². The van der Waals surface area contributed by atoms with E-state index in [0.29, 0.717) is 17.1 Å². The standard InChI is InChI=1S/C17H14BrN3O2S/c1-23-14-8-2-11(3-9-14)10-19-17(22)16-15(20-21-24-16)12-4-6-13(18)7-5-12/h2-9H,10H2,1H3,(H,19,22). The second-order valence-corrected chi connectivity index (χ2v) is 6.66. The summed E-state index contributed by atoms with van der Waals surface area (Å²) >= 11 is 4.49. The van der Waals surface area contributed by atoms with Crippen LogP contribution in [-0.2, 0) is 6.54 Å². The molecule has 0 fully saturated rings. The number of hydrogen-bond donors (Lipinski definition) is 1. The molecule has 1 aromatic heterocycles. The van der Waals surface area contributed by atoms with Gasteiger partial charge in [0.05, 0.1) is 7.11 Å². The molecule has 0 spiro atoms. The van der Waals surface area contributed by atoms with Gasteiger partial charge in [-0.15, -0.1) is 5.10 Å². The van der Waals surface area contributed by atoms with Crippen molar-refractivity contribution in [1.82, 2.24) is 14.9 Å². The highest BCUT2D eigenvalue weighted by Gasteiger charge is 2.17. The number of rotatable bonds is 5. The van der Waals surface area contributed by atoms with Crippen molar-refractivity contribution >= 4 is 33.4 Å². The molecular weight excluding hydrogens is 390 g/mol. The zero-order valence-corrected chi connectivity index (χ0v) is 15.2. The number of carbonyl (C=O) groups excluding carboxylic acids is 1. The highest BCUT2D eigenvalue weighted by molar-refractivity contribution is 9.10. The number of halogens is 1. The Balaban J connectivity index is 1.71. The fourth-order valence-corrected chi connectivity index (χ4v) is 3.01. The van der Waals surface area contributed by atoms with Crippen LogP contribution in [-0.4, -0.2) is 22.6 Å². The van der Waals surface area contributed by atoms with Crippen molar-refractivity contribution in [1.29, 1.82) is 0 Å². The first-order valence-electron chi connectivity index (χ1n) is 7.17. The Bertz CT molecular complexity index is 832. The van der Waals surface area contributed by atoms with Crippen LogP contribution in [0.3, 0.4) is 0 Å². The topological polar surface area (TPSA) is 64.1 Å². The molecule has 0 atom stereocenters. The minimum atomic E-state index is -0.182. The average Bonchev–Trinajstić information content (AvgIpc) is 3.10. The number of hydrogen-bond acceptors (Lipinski definition) is 5. The minimum Gasteiger partial charge on any atom is -0.497 e. The number of nitrogens with one attached hydrogen (secondary N) is 1. The van der Waals surface area contributed by atoms with Gasteiger partial charge in [-0.1, -0.05) is 44.7 Å². The Labute approximate surface area is 152 Å². The minimum absolute atomic E-state index is 0.182. The molecule has 0 aliphatic rings. The monoisotopic (exact) mass is 403 g/mol. The Hall–Kier alpha value is -2.25. The maximum absolute atomic E-state index is 12.4. The van der Waals surface area contributed by atoms with Gasteiger partial charge in [0.1, 0.15) is 16.3 Å². The van der Waals surface area contributed by atoms with Crippen LogP contribution in [0, 0.1) is 0 Å². The number of benzene rings is 2. The van der Waals surface area contributed by atoms with Crippen molar-refractivity contribution in [3.8, 4) is 17.0 Å². The third-order valence-electron chi connectivity index (χ3n) is 3.42. The number of aromatic nitrogens is 2. The van der Waals surface area contributed by atoms with Crippen LogP contribution < -0.4 is 10.1 Å². The van der Waals surface area contributed by atoms with Crippen LogP contribution in [0.25, 0.3) is 11.3 Å². The molecule has 0 radical (unpaired) electrons. The quantitative estimate of drug-likeness (QED) is 0.701. The predicted molar refractivity (Wildman–Crippen MR) is 97.2 cm³/mol. The van der Waals surface area contributed by atoms with Gasteiger partial charge in [0.25, 0.3) is 5.91 Å². The van der Waals surface area contributed by atoms with Gasteiger partial charge in [-0.2, -0.15) is 0 Å². The second-order valence-electron chi connectivity index (χ2n) is 4.99. The lowest BCUT2D eigenvalue weighted by Gasteiger charge is -2.06. The largest absolute Gasteiger partial charge is 0.497 e. The van der Waals surface area contributed by atoms with Gasteiger partial charge in [-0.25, -0.2) is 0 Å². The number of amides is 1. The summed E-state index contributed by atoms with van der Waals surface area (Å²) in [6, 6.07) is 15.2. The molecule has 3 rings (SSSR count). The van der Waals surface area contributed by atoms with Crippen LogP contribution >= 0.6 is 27.5 Å². The fourth-order valence-electron chi connectivity index (χ4n) is 2.14. The van der Waals surface area contributed by atoms with Gasteiger partial charge in [0, 0.05) is 16.6 Å². The van der Waals surface area contributed by atoms with Crippen molar-refractivity contribution < 1.29 is 9.53 Å². The summed E-state index contributed by atoms with van der Waals surface area (Å²) in [6.45, 7) is 0.431. The first-order chi connectivity index (χ1) is 11.7. The molecule has 1 heterocycles. The summed E-state index contributed by atoms with van der Waals surface area (Å²) in [5, 5.41) is 6.99. The van der Waals surface area contributed by atoms with Crippen molar-refractivity contribution in [3.05, 3.63) is 63.4 Å². The summed E-state index contributed by atoms with van der Waals surface area (Å²) in [4.78, 5) is 13.0. The first kappa shape index (κ1) is 16.6. The van der Waals surface area contributed by atoms with Crippen molar-refractivity contribution in [2.45, 2.75) is 6.54 Å². The smallest absolute Gasteiger partial charge is 0.265 e. The average molecular weight is 404 g/mol. The Morgan fingerprint density at radius 1 is 1.17 bits per heavy atom. The maximum Gasteiger partial charge on any atom is 0.265 e. The Morgan fingerprint density at radius 3 is 2.54 bits per heavy atom. The fraction of sp³-hybridized carbons (Fsp3) is 0.118. The molecular formula is C17H14BrN3O2S. The Kier molecular flexibility index (Phi) is 5.22. The lowest BCUT2D eigenvalue weighted by Crippen LogP contribution is -2.22. The lowest BCUT2D eigenvalue weighted by atomic mass is 10.1. The summed E-state index contributed by atoms with van der Waals surface area (Å²) in [5.74, 6) is 0.605. The molecule has 0 saturated heterocycles. The zero-order valence-electron chi connectivity index (χ0n) is 12.8. The van der Waals surface area contributed by atoms with Crippen LogP contribution in [0.5, 0.6) is 5.75 Å². The number of nitrogens with zero attached hydrogens (tertiary/aromatic N) is 2. The third-order valence-corrected chi connectivity index (χ3v) is 4.68. The third kappa shape index (κ3) is 3.80. The lowest BCUT2D eigenvalue weighted by molar-refractivity contribution is 0.0955. The number of carbonyl (C=O) groups is 1.